The van der Waals surface area contributed by atoms with Crippen LogP contribution in [0.2, 0.25) is 10.2 Å². The van der Waals surface area contributed by atoms with Gasteiger partial charge in [-0.05, 0) is 13.0 Å². The number of hydrogen-bond acceptors (Lipinski definition) is 3. The van der Waals surface area contributed by atoms with E-state index in [0.717, 1.165) is 28.9 Å². The third-order valence-electron chi connectivity index (χ3n) is 3.54. The average molecular weight is 513 g/mol. The molecule has 0 fully saturated rings. The van der Waals surface area contributed by atoms with Gasteiger partial charge in [0.1, 0.15) is 5.15 Å². The van der Waals surface area contributed by atoms with Crippen LogP contribution in [0.4, 0.5) is 0 Å². The summed E-state index contributed by atoms with van der Waals surface area (Å²) in [6.07, 6.45) is 3.99. The largest absolute Gasteiger partial charge is 0.357 e. The van der Waals surface area contributed by atoms with E-state index < -0.39 is 0 Å². The Morgan fingerprint density at radius 1 is 1.36 bits per heavy atom. The summed E-state index contributed by atoms with van der Waals surface area (Å²) in [6.45, 7) is 3.89. The first-order chi connectivity index (χ1) is 11.6. The Bertz CT molecular complexity index is 840. The molecule has 0 aliphatic rings. The summed E-state index contributed by atoms with van der Waals surface area (Å²) in [6, 6.07) is 1.85. The van der Waals surface area contributed by atoms with Crippen LogP contribution in [0.3, 0.4) is 0 Å². The number of aliphatic imine (C=N–C) groups is 1. The van der Waals surface area contributed by atoms with Gasteiger partial charge >= 0.3 is 0 Å². The van der Waals surface area contributed by atoms with Gasteiger partial charge in [-0.1, -0.05) is 23.2 Å². The number of rotatable bonds is 5. The smallest absolute Gasteiger partial charge is 0.193 e. The SMILES string of the molecule is CCNC(=NCc1cn2ccsc2n1)NCc1cc(Cl)c(Cl)n1C.I. The van der Waals surface area contributed by atoms with Crippen LogP contribution in [0, 0.1) is 0 Å². The van der Waals surface area contributed by atoms with Crippen molar-refractivity contribution in [2.24, 2.45) is 12.0 Å². The number of thiazole rings is 1. The molecule has 2 N–H and O–H groups in total. The molecule has 0 aromatic carbocycles. The first kappa shape index (κ1) is 20.3. The maximum atomic E-state index is 6.09. The van der Waals surface area contributed by atoms with Gasteiger partial charge in [-0.3, -0.25) is 4.40 Å². The van der Waals surface area contributed by atoms with Crippen LogP contribution in [-0.4, -0.2) is 26.5 Å². The molecule has 6 nitrogen and oxygen atoms in total. The third-order valence-corrected chi connectivity index (χ3v) is 5.15. The van der Waals surface area contributed by atoms with E-state index in [1.54, 1.807) is 11.3 Å². The molecule has 3 rings (SSSR count). The summed E-state index contributed by atoms with van der Waals surface area (Å²) in [5.41, 5.74) is 1.92. The van der Waals surface area contributed by atoms with Crippen LogP contribution < -0.4 is 10.6 Å². The standard InChI is InChI=1S/C15H18Cl2N6S.HI/c1-3-18-14(20-8-11-6-12(16)13(17)22(11)2)19-7-10-9-23-4-5-24-15(23)21-10;/h4-6,9H,3,7-8H2,1-2H3,(H2,18,19,20);1H. The second-order valence-electron chi connectivity index (χ2n) is 5.21. The fourth-order valence-corrected chi connectivity index (χ4v) is 3.42. The molecule has 3 aromatic rings. The van der Waals surface area contributed by atoms with Crippen LogP contribution in [0.15, 0.2) is 28.8 Å². The fourth-order valence-electron chi connectivity index (χ4n) is 2.29. The van der Waals surface area contributed by atoms with Gasteiger partial charge in [-0.2, -0.15) is 0 Å². The van der Waals surface area contributed by atoms with Gasteiger partial charge < -0.3 is 15.2 Å². The highest BCUT2D eigenvalue weighted by Crippen LogP contribution is 2.24. The number of nitrogens with zero attached hydrogens (tertiary/aromatic N) is 4. The van der Waals surface area contributed by atoms with Crippen molar-refractivity contribution in [1.82, 2.24) is 24.6 Å². The van der Waals surface area contributed by atoms with Crippen LogP contribution in [-0.2, 0) is 20.1 Å². The van der Waals surface area contributed by atoms with Crippen LogP contribution in [0.5, 0.6) is 0 Å². The van der Waals surface area contributed by atoms with Gasteiger partial charge in [0, 0.05) is 37.1 Å². The van der Waals surface area contributed by atoms with Gasteiger partial charge in [0.15, 0.2) is 10.9 Å². The molecule has 0 saturated carbocycles. The van der Waals surface area contributed by atoms with Gasteiger partial charge in [-0.15, -0.1) is 35.3 Å². The summed E-state index contributed by atoms with van der Waals surface area (Å²) in [5.74, 6) is 0.724. The van der Waals surface area contributed by atoms with E-state index in [1.807, 2.05) is 46.8 Å². The van der Waals surface area contributed by atoms with Gasteiger partial charge in [0.25, 0.3) is 0 Å². The zero-order valence-corrected chi connectivity index (χ0v) is 18.5. The van der Waals surface area contributed by atoms with Crippen LogP contribution in [0.1, 0.15) is 18.3 Å². The predicted octanol–water partition coefficient (Wildman–Crippen LogP) is 3.91. The van der Waals surface area contributed by atoms with E-state index in [1.165, 1.54) is 0 Å². The Labute approximate surface area is 177 Å². The molecule has 25 heavy (non-hydrogen) atoms. The Morgan fingerprint density at radius 2 is 2.16 bits per heavy atom. The molecule has 0 radical (unpaired) electrons. The number of guanidine groups is 1. The predicted molar refractivity (Wildman–Crippen MR) is 116 cm³/mol. The summed E-state index contributed by atoms with van der Waals surface area (Å²) < 4.78 is 3.85. The molecule has 0 spiro atoms. The molecule has 0 bridgehead atoms. The number of hydrogen-bond donors (Lipinski definition) is 2. The number of halogens is 3. The van der Waals surface area contributed by atoms with Crippen molar-refractivity contribution in [3.63, 3.8) is 0 Å². The first-order valence-electron chi connectivity index (χ1n) is 7.51. The number of fused-ring (bicyclic) bond motifs is 1. The Balaban J connectivity index is 0.00000225. The van der Waals surface area contributed by atoms with Crippen molar-refractivity contribution in [3.05, 3.63) is 45.4 Å². The first-order valence-corrected chi connectivity index (χ1v) is 9.15. The van der Waals surface area contributed by atoms with E-state index in [2.05, 4.69) is 20.6 Å². The Hall–Kier alpha value is -0.970. The zero-order chi connectivity index (χ0) is 17.1. The molecule has 0 aliphatic carbocycles. The molecular weight excluding hydrogens is 494 g/mol. The van der Waals surface area contributed by atoms with E-state index in [9.17, 15) is 0 Å². The lowest BCUT2D eigenvalue weighted by molar-refractivity contribution is 0.751. The van der Waals surface area contributed by atoms with E-state index >= 15 is 0 Å². The molecule has 0 amide bonds. The van der Waals surface area contributed by atoms with Gasteiger partial charge in [-0.25, -0.2) is 9.98 Å². The van der Waals surface area contributed by atoms with E-state index in [0.29, 0.717) is 23.3 Å². The third kappa shape index (κ3) is 4.81. The molecule has 136 valence electrons. The molecule has 0 unspecified atom stereocenters. The highest BCUT2D eigenvalue weighted by atomic mass is 127. The van der Waals surface area contributed by atoms with Crippen molar-refractivity contribution >= 4 is 69.4 Å². The second-order valence-corrected chi connectivity index (χ2v) is 6.85. The number of imidazole rings is 1. The summed E-state index contributed by atoms with van der Waals surface area (Å²) in [5, 5.41) is 9.61. The monoisotopic (exact) mass is 512 g/mol. The normalized spacial score (nSPS) is 11.6. The summed E-state index contributed by atoms with van der Waals surface area (Å²) in [4.78, 5) is 10.1. The molecule has 10 heteroatoms. The average Bonchev–Trinajstić information content (AvgIpc) is 3.21. The lowest BCUT2D eigenvalue weighted by Crippen LogP contribution is -2.37. The minimum Gasteiger partial charge on any atom is -0.357 e. The maximum absolute atomic E-state index is 6.09. The highest BCUT2D eigenvalue weighted by Gasteiger charge is 2.09. The van der Waals surface area contributed by atoms with Crippen LogP contribution in [0.25, 0.3) is 4.96 Å². The molecule has 0 aliphatic heterocycles. The minimum atomic E-state index is 0. The van der Waals surface area contributed by atoms with Crippen molar-refractivity contribution in [1.29, 1.82) is 0 Å². The second kappa shape index (κ2) is 9.11. The minimum absolute atomic E-state index is 0. The summed E-state index contributed by atoms with van der Waals surface area (Å²) in [7, 11) is 1.88. The fraction of sp³-hybridized carbons (Fsp3) is 0.333. The lowest BCUT2D eigenvalue weighted by atomic mass is 10.4. The van der Waals surface area contributed by atoms with E-state index in [4.69, 9.17) is 23.2 Å². The molecular formula is C15H19Cl2IN6S. The lowest BCUT2D eigenvalue weighted by Gasteiger charge is -2.11. The summed E-state index contributed by atoms with van der Waals surface area (Å²) >= 11 is 13.7. The molecule has 0 saturated heterocycles. The maximum Gasteiger partial charge on any atom is 0.193 e. The highest BCUT2D eigenvalue weighted by molar-refractivity contribution is 14.0. The molecule has 3 heterocycles. The van der Waals surface area contributed by atoms with Crippen molar-refractivity contribution in [3.8, 4) is 0 Å². The Morgan fingerprint density at radius 3 is 2.80 bits per heavy atom. The van der Waals surface area contributed by atoms with Crippen molar-refractivity contribution in [2.75, 3.05) is 6.54 Å². The number of aromatic nitrogens is 3. The Kier molecular flexibility index (Phi) is 7.41. The van der Waals surface area contributed by atoms with Gasteiger partial charge in [0.2, 0.25) is 0 Å². The topological polar surface area (TPSA) is 58.6 Å². The van der Waals surface area contributed by atoms with Gasteiger partial charge in [0.05, 0.1) is 23.8 Å². The zero-order valence-electron chi connectivity index (χ0n) is 13.8. The van der Waals surface area contributed by atoms with Crippen molar-refractivity contribution < 1.29 is 0 Å². The van der Waals surface area contributed by atoms with Crippen molar-refractivity contribution in [2.45, 2.75) is 20.0 Å². The quantitative estimate of drug-likeness (QED) is 0.309. The molecule has 3 aromatic heterocycles. The number of nitrogens with one attached hydrogen (secondary N) is 2. The van der Waals surface area contributed by atoms with E-state index in [-0.39, 0.29) is 24.0 Å². The van der Waals surface area contributed by atoms with Crippen LogP contribution >= 0.6 is 58.5 Å². The molecule has 0 atom stereocenters.